The van der Waals surface area contributed by atoms with Crippen LogP contribution in [0.2, 0.25) is 0 Å². The molecule has 1 aromatic rings. The first kappa shape index (κ1) is 13.9. The van der Waals surface area contributed by atoms with Gasteiger partial charge in [0.15, 0.2) is 0 Å². The third-order valence-corrected chi connectivity index (χ3v) is 3.43. The van der Waals surface area contributed by atoms with Gasteiger partial charge in [-0.25, -0.2) is 0 Å². The molecule has 1 unspecified atom stereocenters. The van der Waals surface area contributed by atoms with Crippen molar-refractivity contribution in [2.24, 2.45) is 0 Å². The minimum absolute atomic E-state index is 0.210. The van der Waals surface area contributed by atoms with Gasteiger partial charge in [-0.15, -0.1) is 0 Å². The van der Waals surface area contributed by atoms with Crippen molar-refractivity contribution < 1.29 is 4.74 Å². The Kier molecular flexibility index (Phi) is 4.78. The van der Waals surface area contributed by atoms with Gasteiger partial charge >= 0.3 is 0 Å². The van der Waals surface area contributed by atoms with Crippen molar-refractivity contribution in [3.63, 3.8) is 0 Å². The zero-order valence-electron chi connectivity index (χ0n) is 11.6. The van der Waals surface area contributed by atoms with Crippen LogP contribution in [0.1, 0.15) is 19.4 Å². The average molecular weight is 259 g/mol. The maximum absolute atomic E-state index is 8.87. The maximum atomic E-state index is 8.87. The molecule has 0 aliphatic carbocycles. The summed E-state index contributed by atoms with van der Waals surface area (Å²) in [5.41, 5.74) is 1.66. The van der Waals surface area contributed by atoms with Crippen molar-refractivity contribution in [1.29, 1.82) is 5.26 Å². The van der Waals surface area contributed by atoms with Crippen molar-refractivity contribution >= 4 is 5.69 Å². The second-order valence-electron chi connectivity index (χ2n) is 5.15. The predicted octanol–water partition coefficient (Wildman–Crippen LogP) is 2.08. The quantitative estimate of drug-likeness (QED) is 0.899. The van der Waals surface area contributed by atoms with Gasteiger partial charge in [0, 0.05) is 31.4 Å². The van der Waals surface area contributed by atoms with Crippen LogP contribution in [0.5, 0.6) is 0 Å². The van der Waals surface area contributed by atoms with E-state index >= 15 is 0 Å². The van der Waals surface area contributed by atoms with Crippen molar-refractivity contribution in [3.8, 4) is 6.07 Å². The molecular formula is C15H21N3O. The van der Waals surface area contributed by atoms with Crippen LogP contribution >= 0.6 is 0 Å². The van der Waals surface area contributed by atoms with Gasteiger partial charge in [0.2, 0.25) is 0 Å². The van der Waals surface area contributed by atoms with E-state index in [0.717, 1.165) is 31.9 Å². The van der Waals surface area contributed by atoms with E-state index in [9.17, 15) is 0 Å². The fraction of sp³-hybridized carbons (Fsp3) is 0.533. The molecule has 1 N–H and O–H groups in total. The van der Waals surface area contributed by atoms with Gasteiger partial charge in [-0.3, -0.25) is 4.90 Å². The number of rotatable bonds is 4. The van der Waals surface area contributed by atoms with Gasteiger partial charge < -0.3 is 10.1 Å². The Bertz CT molecular complexity index is 453. The summed E-state index contributed by atoms with van der Waals surface area (Å²) in [4.78, 5) is 2.43. The number of ether oxygens (including phenoxy) is 1. The monoisotopic (exact) mass is 259 g/mol. The van der Waals surface area contributed by atoms with Gasteiger partial charge in [-0.05, 0) is 32.0 Å². The Morgan fingerprint density at radius 2 is 2.37 bits per heavy atom. The van der Waals surface area contributed by atoms with Crippen LogP contribution in [-0.4, -0.2) is 43.3 Å². The van der Waals surface area contributed by atoms with Crippen molar-refractivity contribution in [1.82, 2.24) is 4.90 Å². The summed E-state index contributed by atoms with van der Waals surface area (Å²) in [6, 6.07) is 10.3. The van der Waals surface area contributed by atoms with Crippen molar-refractivity contribution in [2.75, 3.05) is 31.6 Å². The summed E-state index contributed by atoms with van der Waals surface area (Å²) >= 11 is 0. The molecule has 0 radical (unpaired) electrons. The van der Waals surface area contributed by atoms with Crippen LogP contribution in [0.4, 0.5) is 5.69 Å². The largest absolute Gasteiger partial charge is 0.382 e. The summed E-state index contributed by atoms with van der Waals surface area (Å²) in [6.45, 7) is 7.97. The third-order valence-electron chi connectivity index (χ3n) is 3.43. The molecule has 1 aromatic carbocycles. The SMILES string of the molecule is CC(C)N1CCOC(CNc2cccc(C#N)c2)C1. The molecule has 19 heavy (non-hydrogen) atoms. The predicted molar refractivity (Wildman–Crippen MR) is 76.1 cm³/mol. The van der Waals surface area contributed by atoms with E-state index in [1.807, 2.05) is 24.3 Å². The molecular weight excluding hydrogens is 238 g/mol. The molecule has 0 saturated carbocycles. The van der Waals surface area contributed by atoms with Crippen LogP contribution in [-0.2, 0) is 4.74 Å². The Morgan fingerprint density at radius 1 is 1.53 bits per heavy atom. The molecule has 0 bridgehead atoms. The first-order valence-corrected chi connectivity index (χ1v) is 6.78. The lowest BCUT2D eigenvalue weighted by Gasteiger charge is -2.35. The summed E-state index contributed by atoms with van der Waals surface area (Å²) in [5, 5.41) is 12.2. The summed E-state index contributed by atoms with van der Waals surface area (Å²) in [6.07, 6.45) is 0.210. The second-order valence-corrected chi connectivity index (χ2v) is 5.15. The Morgan fingerprint density at radius 3 is 3.11 bits per heavy atom. The molecule has 1 aliphatic rings. The molecule has 0 aromatic heterocycles. The van der Waals surface area contributed by atoms with E-state index in [1.54, 1.807) is 0 Å². The maximum Gasteiger partial charge on any atom is 0.0992 e. The van der Waals surface area contributed by atoms with Crippen molar-refractivity contribution in [2.45, 2.75) is 26.0 Å². The molecule has 0 spiro atoms. The first-order chi connectivity index (χ1) is 9.19. The summed E-state index contributed by atoms with van der Waals surface area (Å²) in [7, 11) is 0. The number of anilines is 1. The Hall–Kier alpha value is -1.57. The van der Waals surface area contributed by atoms with Gasteiger partial charge in [-0.2, -0.15) is 5.26 Å². The summed E-state index contributed by atoms with van der Waals surface area (Å²) < 4.78 is 5.77. The zero-order chi connectivity index (χ0) is 13.7. The number of nitriles is 1. The van der Waals surface area contributed by atoms with E-state index in [2.05, 4.69) is 30.1 Å². The molecule has 4 heteroatoms. The lowest BCUT2D eigenvalue weighted by atomic mass is 10.2. The molecule has 1 heterocycles. The molecule has 2 rings (SSSR count). The molecule has 4 nitrogen and oxygen atoms in total. The van der Waals surface area contributed by atoms with E-state index in [0.29, 0.717) is 11.6 Å². The highest BCUT2D eigenvalue weighted by Gasteiger charge is 2.21. The van der Waals surface area contributed by atoms with E-state index in [1.165, 1.54) is 0 Å². The summed E-state index contributed by atoms with van der Waals surface area (Å²) in [5.74, 6) is 0. The third kappa shape index (κ3) is 3.95. The Balaban J connectivity index is 1.86. The number of nitrogens with one attached hydrogen (secondary N) is 1. The normalized spacial score (nSPS) is 20.2. The van der Waals surface area contributed by atoms with Gasteiger partial charge in [0.1, 0.15) is 0 Å². The van der Waals surface area contributed by atoms with Crippen molar-refractivity contribution in [3.05, 3.63) is 29.8 Å². The average Bonchev–Trinajstić information content (AvgIpc) is 2.45. The van der Waals surface area contributed by atoms with Crippen LogP contribution < -0.4 is 5.32 Å². The Labute approximate surface area is 115 Å². The molecule has 102 valence electrons. The molecule has 0 amide bonds. The lowest BCUT2D eigenvalue weighted by molar-refractivity contribution is -0.0315. The van der Waals surface area contributed by atoms with Gasteiger partial charge in [0.25, 0.3) is 0 Å². The fourth-order valence-electron chi connectivity index (χ4n) is 2.27. The van der Waals surface area contributed by atoms with E-state index in [-0.39, 0.29) is 6.10 Å². The minimum atomic E-state index is 0.210. The number of hydrogen-bond donors (Lipinski definition) is 1. The zero-order valence-corrected chi connectivity index (χ0v) is 11.6. The standard InChI is InChI=1S/C15H21N3O/c1-12(2)18-6-7-19-15(11-18)10-17-14-5-3-4-13(8-14)9-16/h3-5,8,12,15,17H,6-7,10-11H2,1-2H3. The number of hydrogen-bond acceptors (Lipinski definition) is 4. The number of morpholine rings is 1. The second kappa shape index (κ2) is 6.55. The molecule has 1 saturated heterocycles. The highest BCUT2D eigenvalue weighted by Crippen LogP contribution is 2.12. The van der Waals surface area contributed by atoms with Crippen LogP contribution in [0.15, 0.2) is 24.3 Å². The van der Waals surface area contributed by atoms with E-state index in [4.69, 9.17) is 10.00 Å². The number of benzene rings is 1. The topological polar surface area (TPSA) is 48.3 Å². The molecule has 1 atom stereocenters. The van der Waals surface area contributed by atoms with Gasteiger partial charge in [0.05, 0.1) is 24.3 Å². The molecule has 1 fully saturated rings. The number of nitrogens with zero attached hydrogens (tertiary/aromatic N) is 2. The van der Waals surface area contributed by atoms with Gasteiger partial charge in [-0.1, -0.05) is 6.07 Å². The molecule has 1 aliphatic heterocycles. The lowest BCUT2D eigenvalue weighted by Crippen LogP contribution is -2.48. The van der Waals surface area contributed by atoms with Crippen LogP contribution in [0.25, 0.3) is 0 Å². The van der Waals surface area contributed by atoms with Crippen LogP contribution in [0.3, 0.4) is 0 Å². The van der Waals surface area contributed by atoms with Crippen LogP contribution in [0, 0.1) is 11.3 Å². The highest BCUT2D eigenvalue weighted by atomic mass is 16.5. The van der Waals surface area contributed by atoms with E-state index < -0.39 is 0 Å². The smallest absolute Gasteiger partial charge is 0.0992 e. The first-order valence-electron chi connectivity index (χ1n) is 6.78. The minimum Gasteiger partial charge on any atom is -0.382 e. The highest BCUT2D eigenvalue weighted by molar-refractivity contribution is 5.49. The fourth-order valence-corrected chi connectivity index (χ4v) is 2.27.